The number of aryl methyl sites for hydroxylation is 1. The number of nitrogens with zero attached hydrogens (tertiary/aromatic N) is 1. The van der Waals surface area contributed by atoms with Crippen molar-refractivity contribution in [1.29, 1.82) is 0 Å². The molecule has 0 saturated carbocycles. The molecule has 0 aliphatic heterocycles. The first-order valence-corrected chi connectivity index (χ1v) is 5.71. The second kappa shape index (κ2) is 5.30. The van der Waals surface area contributed by atoms with Crippen LogP contribution in [0.5, 0.6) is 0 Å². The zero-order valence-corrected chi connectivity index (χ0v) is 10.6. The summed E-state index contributed by atoms with van der Waals surface area (Å²) in [6.07, 6.45) is 2.26. The summed E-state index contributed by atoms with van der Waals surface area (Å²) >= 11 is 0. The van der Waals surface area contributed by atoms with E-state index in [1.165, 1.54) is 0 Å². The van der Waals surface area contributed by atoms with Gasteiger partial charge >= 0.3 is 0 Å². The predicted molar refractivity (Wildman–Crippen MR) is 67.5 cm³/mol. The van der Waals surface area contributed by atoms with Crippen LogP contribution in [-0.4, -0.2) is 22.7 Å². The number of aromatic nitrogens is 1. The van der Waals surface area contributed by atoms with Gasteiger partial charge in [0.1, 0.15) is 0 Å². The average Bonchev–Trinajstić information content (AvgIpc) is 2.12. The van der Waals surface area contributed by atoms with E-state index in [1.807, 2.05) is 19.1 Å². The molecule has 0 saturated heterocycles. The van der Waals surface area contributed by atoms with Crippen LogP contribution in [-0.2, 0) is 0 Å². The molecule has 0 aromatic carbocycles. The first kappa shape index (κ1) is 13.0. The lowest BCUT2D eigenvalue weighted by Gasteiger charge is -2.22. The first-order valence-electron chi connectivity index (χ1n) is 5.71. The van der Waals surface area contributed by atoms with E-state index in [2.05, 4.69) is 31.1 Å². The standard InChI is InChI=1S/C13H22N2O/c1-10-7-11(5-6-14-10)15-9-12(16)8-13(2,3)4/h5-7,12,16H,8-9H2,1-4H3,(H,14,15). The van der Waals surface area contributed by atoms with Crippen molar-refractivity contribution in [3.8, 4) is 0 Å². The quantitative estimate of drug-likeness (QED) is 0.823. The van der Waals surface area contributed by atoms with Crippen LogP contribution in [0, 0.1) is 12.3 Å². The van der Waals surface area contributed by atoms with Gasteiger partial charge in [-0.15, -0.1) is 0 Å². The molecule has 0 radical (unpaired) electrons. The van der Waals surface area contributed by atoms with Crippen molar-refractivity contribution in [2.45, 2.75) is 40.2 Å². The smallest absolute Gasteiger partial charge is 0.0717 e. The molecule has 1 atom stereocenters. The van der Waals surface area contributed by atoms with Crippen LogP contribution in [0.15, 0.2) is 18.3 Å². The molecule has 0 fully saturated rings. The molecule has 0 amide bonds. The number of aliphatic hydroxyl groups excluding tert-OH is 1. The van der Waals surface area contributed by atoms with Crippen molar-refractivity contribution >= 4 is 5.69 Å². The van der Waals surface area contributed by atoms with Crippen LogP contribution < -0.4 is 5.32 Å². The van der Waals surface area contributed by atoms with E-state index in [0.717, 1.165) is 17.8 Å². The number of rotatable bonds is 4. The molecule has 3 nitrogen and oxygen atoms in total. The van der Waals surface area contributed by atoms with Crippen LogP contribution in [0.2, 0.25) is 0 Å². The van der Waals surface area contributed by atoms with Gasteiger partial charge < -0.3 is 10.4 Å². The van der Waals surface area contributed by atoms with Crippen molar-refractivity contribution < 1.29 is 5.11 Å². The van der Waals surface area contributed by atoms with Crippen LogP contribution in [0.4, 0.5) is 5.69 Å². The van der Waals surface area contributed by atoms with E-state index in [0.29, 0.717) is 6.54 Å². The van der Waals surface area contributed by atoms with Gasteiger partial charge in [-0.05, 0) is 30.9 Å². The minimum absolute atomic E-state index is 0.162. The normalized spacial score (nSPS) is 13.6. The molecule has 0 bridgehead atoms. The van der Waals surface area contributed by atoms with Crippen LogP contribution in [0.3, 0.4) is 0 Å². The third-order valence-electron chi connectivity index (χ3n) is 2.29. The Morgan fingerprint density at radius 2 is 2.12 bits per heavy atom. The largest absolute Gasteiger partial charge is 0.391 e. The highest BCUT2D eigenvalue weighted by Gasteiger charge is 2.16. The van der Waals surface area contributed by atoms with Crippen molar-refractivity contribution in [1.82, 2.24) is 4.98 Å². The van der Waals surface area contributed by atoms with Crippen molar-refractivity contribution in [2.75, 3.05) is 11.9 Å². The number of aliphatic hydroxyl groups is 1. The molecule has 3 heteroatoms. The maximum atomic E-state index is 9.84. The van der Waals surface area contributed by atoms with E-state index in [-0.39, 0.29) is 11.5 Å². The van der Waals surface area contributed by atoms with Crippen LogP contribution >= 0.6 is 0 Å². The number of hydrogen-bond acceptors (Lipinski definition) is 3. The zero-order chi connectivity index (χ0) is 12.2. The van der Waals surface area contributed by atoms with Gasteiger partial charge in [0, 0.05) is 24.1 Å². The van der Waals surface area contributed by atoms with Gasteiger partial charge in [0.2, 0.25) is 0 Å². The molecule has 1 heterocycles. The minimum Gasteiger partial charge on any atom is -0.391 e. The Balaban J connectivity index is 2.40. The fourth-order valence-corrected chi connectivity index (χ4v) is 1.67. The zero-order valence-electron chi connectivity index (χ0n) is 10.6. The van der Waals surface area contributed by atoms with Gasteiger partial charge in [0.05, 0.1) is 6.10 Å². The average molecular weight is 222 g/mol. The van der Waals surface area contributed by atoms with Gasteiger partial charge in [-0.2, -0.15) is 0 Å². The Kier molecular flexibility index (Phi) is 4.30. The first-order chi connectivity index (χ1) is 7.37. The Bertz CT molecular complexity index is 331. The molecule has 0 aliphatic carbocycles. The highest BCUT2D eigenvalue weighted by Crippen LogP contribution is 2.20. The molecule has 1 aromatic heterocycles. The van der Waals surface area contributed by atoms with Crippen LogP contribution in [0.25, 0.3) is 0 Å². The second-order valence-electron chi connectivity index (χ2n) is 5.49. The third-order valence-corrected chi connectivity index (χ3v) is 2.29. The molecule has 2 N–H and O–H groups in total. The molecule has 1 unspecified atom stereocenters. The molecule has 90 valence electrons. The molecule has 0 spiro atoms. The summed E-state index contributed by atoms with van der Waals surface area (Å²) < 4.78 is 0. The highest BCUT2D eigenvalue weighted by atomic mass is 16.3. The lowest BCUT2D eigenvalue weighted by molar-refractivity contribution is 0.132. The summed E-state index contributed by atoms with van der Waals surface area (Å²) in [4.78, 5) is 4.12. The van der Waals surface area contributed by atoms with E-state index < -0.39 is 0 Å². The third kappa shape index (κ3) is 5.12. The summed E-state index contributed by atoms with van der Waals surface area (Å²) in [6, 6.07) is 3.89. The molecule has 1 rings (SSSR count). The van der Waals surface area contributed by atoms with Crippen molar-refractivity contribution in [2.24, 2.45) is 5.41 Å². The van der Waals surface area contributed by atoms with E-state index in [9.17, 15) is 5.11 Å². The number of nitrogens with one attached hydrogen (secondary N) is 1. The summed E-state index contributed by atoms with van der Waals surface area (Å²) in [5.74, 6) is 0. The van der Waals surface area contributed by atoms with Gasteiger partial charge in [0.25, 0.3) is 0 Å². The Morgan fingerprint density at radius 1 is 1.44 bits per heavy atom. The monoisotopic (exact) mass is 222 g/mol. The fraction of sp³-hybridized carbons (Fsp3) is 0.615. The molecule has 1 aromatic rings. The SMILES string of the molecule is Cc1cc(NCC(O)CC(C)(C)C)ccn1. The maximum Gasteiger partial charge on any atom is 0.0717 e. The number of pyridine rings is 1. The second-order valence-corrected chi connectivity index (χ2v) is 5.49. The topological polar surface area (TPSA) is 45.1 Å². The minimum atomic E-state index is -0.312. The lowest BCUT2D eigenvalue weighted by Crippen LogP contribution is -2.25. The lowest BCUT2D eigenvalue weighted by atomic mass is 9.89. The van der Waals surface area contributed by atoms with Gasteiger partial charge in [-0.25, -0.2) is 0 Å². The summed E-state index contributed by atoms with van der Waals surface area (Å²) in [5.41, 5.74) is 2.16. The molecule has 16 heavy (non-hydrogen) atoms. The summed E-state index contributed by atoms with van der Waals surface area (Å²) in [7, 11) is 0. The Hall–Kier alpha value is -1.09. The fourth-order valence-electron chi connectivity index (χ4n) is 1.67. The van der Waals surface area contributed by atoms with Gasteiger partial charge in [-0.3, -0.25) is 4.98 Å². The van der Waals surface area contributed by atoms with E-state index >= 15 is 0 Å². The van der Waals surface area contributed by atoms with Gasteiger partial charge in [0.15, 0.2) is 0 Å². The predicted octanol–water partition coefficient (Wildman–Crippen LogP) is 2.60. The molecule has 0 aliphatic rings. The summed E-state index contributed by atoms with van der Waals surface area (Å²) in [6.45, 7) is 8.93. The van der Waals surface area contributed by atoms with E-state index in [4.69, 9.17) is 0 Å². The van der Waals surface area contributed by atoms with E-state index in [1.54, 1.807) is 6.20 Å². The van der Waals surface area contributed by atoms with Crippen molar-refractivity contribution in [3.05, 3.63) is 24.0 Å². The Morgan fingerprint density at radius 3 is 2.69 bits per heavy atom. The number of hydrogen-bond donors (Lipinski definition) is 2. The Labute approximate surface area is 97.9 Å². The molecular weight excluding hydrogens is 200 g/mol. The number of anilines is 1. The summed E-state index contributed by atoms with van der Waals surface area (Å²) in [5, 5.41) is 13.1. The molecular formula is C13H22N2O. The van der Waals surface area contributed by atoms with Gasteiger partial charge in [-0.1, -0.05) is 20.8 Å². The van der Waals surface area contributed by atoms with Crippen LogP contribution in [0.1, 0.15) is 32.9 Å². The maximum absolute atomic E-state index is 9.84. The highest BCUT2D eigenvalue weighted by molar-refractivity contribution is 5.42. The van der Waals surface area contributed by atoms with Crippen molar-refractivity contribution in [3.63, 3.8) is 0 Å².